The van der Waals surface area contributed by atoms with E-state index in [1.807, 2.05) is 54.6 Å². The van der Waals surface area contributed by atoms with Gasteiger partial charge < -0.3 is 20.1 Å². The minimum absolute atomic E-state index is 0.0860. The Morgan fingerprint density at radius 1 is 0.944 bits per heavy atom. The van der Waals surface area contributed by atoms with Gasteiger partial charge in [-0.05, 0) is 40.7 Å². The minimum atomic E-state index is -1.24. The van der Waals surface area contributed by atoms with Gasteiger partial charge in [0.25, 0.3) is 0 Å². The molecule has 3 aromatic carbocycles. The molecule has 7 nitrogen and oxygen atoms in total. The average Bonchev–Trinajstić information content (AvgIpc) is 3.23. The van der Waals surface area contributed by atoms with Crippen molar-refractivity contribution in [1.82, 2.24) is 10.6 Å². The van der Waals surface area contributed by atoms with E-state index < -0.39 is 29.6 Å². The lowest BCUT2D eigenvalue weighted by Gasteiger charge is -2.39. The van der Waals surface area contributed by atoms with Crippen LogP contribution >= 0.6 is 0 Å². The first-order chi connectivity index (χ1) is 17.5. The summed E-state index contributed by atoms with van der Waals surface area (Å²) in [6.45, 7) is 0.147. The Hall–Kier alpha value is -4.13. The first-order valence-corrected chi connectivity index (χ1v) is 12.1. The summed E-state index contributed by atoms with van der Waals surface area (Å²) in [4.78, 5) is 38.4. The van der Waals surface area contributed by atoms with Crippen molar-refractivity contribution in [1.29, 1.82) is 0 Å². The number of amides is 2. The van der Waals surface area contributed by atoms with Crippen LogP contribution in [0.15, 0.2) is 78.9 Å². The number of nitrogens with one attached hydrogen (secondary N) is 2. The molecule has 1 heterocycles. The van der Waals surface area contributed by atoms with Crippen LogP contribution in [0.5, 0.6) is 0 Å². The summed E-state index contributed by atoms with van der Waals surface area (Å²) < 4.78 is 10.5. The highest BCUT2D eigenvalue weighted by Gasteiger charge is 2.46. The number of benzene rings is 3. The molecule has 36 heavy (non-hydrogen) atoms. The number of carbonyl (C=O) groups excluding carboxylic acids is 3. The lowest BCUT2D eigenvalue weighted by molar-refractivity contribution is -0.148. The molecule has 2 aliphatic rings. The first kappa shape index (κ1) is 23.6. The highest BCUT2D eigenvalue weighted by Crippen LogP contribution is 2.44. The predicted molar refractivity (Wildman–Crippen MR) is 134 cm³/mol. The molecule has 1 fully saturated rings. The van der Waals surface area contributed by atoms with Crippen molar-refractivity contribution in [2.75, 3.05) is 13.7 Å². The van der Waals surface area contributed by atoms with Gasteiger partial charge in [0, 0.05) is 12.3 Å². The summed E-state index contributed by atoms with van der Waals surface area (Å²) in [7, 11) is 1.29. The topological polar surface area (TPSA) is 93.7 Å². The van der Waals surface area contributed by atoms with Gasteiger partial charge in [0.05, 0.1) is 7.11 Å². The Balaban J connectivity index is 1.33. The molecule has 2 N–H and O–H groups in total. The van der Waals surface area contributed by atoms with Crippen molar-refractivity contribution in [2.45, 2.75) is 36.8 Å². The summed E-state index contributed by atoms with van der Waals surface area (Å²) in [5.74, 6) is -1.02. The second kappa shape index (κ2) is 9.85. The Labute approximate surface area is 209 Å². The van der Waals surface area contributed by atoms with E-state index in [-0.39, 0.29) is 25.4 Å². The SMILES string of the molecule is COC(=O)[C@H]1CC[C@@](Cc2ccccc2)(NC(=O)OCC2c3ccccc3-c3ccccc32)C(=O)N1. The van der Waals surface area contributed by atoms with Crippen LogP contribution in [0, 0.1) is 0 Å². The number of piperidine rings is 1. The molecule has 0 bridgehead atoms. The minimum Gasteiger partial charge on any atom is -0.467 e. The van der Waals surface area contributed by atoms with E-state index in [4.69, 9.17) is 9.47 Å². The molecule has 0 aromatic heterocycles. The van der Waals surface area contributed by atoms with Gasteiger partial charge >= 0.3 is 12.1 Å². The molecular formula is C29H28N2O5. The normalized spacial score (nSPS) is 20.6. The zero-order valence-corrected chi connectivity index (χ0v) is 20.0. The number of carbonyl (C=O) groups is 3. The van der Waals surface area contributed by atoms with E-state index in [0.29, 0.717) is 6.42 Å². The maximum atomic E-state index is 13.3. The van der Waals surface area contributed by atoms with Crippen LogP contribution in [0.2, 0.25) is 0 Å². The van der Waals surface area contributed by atoms with Crippen molar-refractivity contribution >= 4 is 18.0 Å². The molecule has 184 valence electrons. The lowest BCUT2D eigenvalue weighted by atomic mass is 9.81. The Bertz CT molecular complexity index is 1250. The van der Waals surface area contributed by atoms with Crippen LogP contribution in [0.1, 0.15) is 35.4 Å². The van der Waals surface area contributed by atoms with Crippen molar-refractivity contribution in [3.8, 4) is 11.1 Å². The van der Waals surface area contributed by atoms with E-state index in [2.05, 4.69) is 34.9 Å². The monoisotopic (exact) mass is 484 g/mol. The van der Waals surface area contributed by atoms with E-state index in [1.54, 1.807) is 0 Å². The highest BCUT2D eigenvalue weighted by atomic mass is 16.5. The van der Waals surface area contributed by atoms with E-state index in [1.165, 1.54) is 7.11 Å². The number of hydrogen-bond acceptors (Lipinski definition) is 5. The maximum absolute atomic E-state index is 13.3. The molecule has 2 amide bonds. The number of rotatable bonds is 6. The molecule has 1 saturated heterocycles. The van der Waals surface area contributed by atoms with Crippen molar-refractivity contribution < 1.29 is 23.9 Å². The average molecular weight is 485 g/mol. The number of alkyl carbamates (subject to hydrolysis) is 1. The standard InChI is InChI=1S/C29H28N2O5/c1-35-26(32)25-15-16-29(27(33)30-25,17-19-9-3-2-4-10-19)31-28(34)36-18-24-22-13-7-5-11-20(22)21-12-6-8-14-23(21)24/h2-14,24-25H,15-18H2,1H3,(H,30,33)(H,31,34)/t25-,29+/m1/s1. The molecule has 3 aromatic rings. The Kier molecular flexibility index (Phi) is 6.46. The number of methoxy groups -OCH3 is 1. The van der Waals surface area contributed by atoms with Gasteiger partial charge in [-0.2, -0.15) is 0 Å². The quantitative estimate of drug-likeness (QED) is 0.517. The molecule has 7 heteroatoms. The summed E-state index contributed by atoms with van der Waals surface area (Å²) >= 11 is 0. The van der Waals surface area contributed by atoms with Crippen LogP contribution in [-0.4, -0.2) is 43.3 Å². The van der Waals surface area contributed by atoms with Crippen LogP contribution in [0.25, 0.3) is 11.1 Å². The highest BCUT2D eigenvalue weighted by molar-refractivity contribution is 5.94. The first-order valence-electron chi connectivity index (χ1n) is 12.1. The van der Waals surface area contributed by atoms with Gasteiger partial charge in [-0.25, -0.2) is 9.59 Å². The summed E-state index contributed by atoms with van der Waals surface area (Å²) in [5.41, 5.74) is 4.16. The van der Waals surface area contributed by atoms with E-state index in [0.717, 1.165) is 27.8 Å². The van der Waals surface area contributed by atoms with Crippen molar-refractivity contribution in [3.63, 3.8) is 0 Å². The molecule has 1 aliphatic heterocycles. The van der Waals surface area contributed by atoms with E-state index in [9.17, 15) is 14.4 Å². The van der Waals surface area contributed by atoms with Crippen LogP contribution < -0.4 is 10.6 Å². The molecular weight excluding hydrogens is 456 g/mol. The third-order valence-corrected chi connectivity index (χ3v) is 7.12. The molecule has 2 atom stereocenters. The van der Waals surface area contributed by atoms with E-state index >= 15 is 0 Å². The molecule has 0 unspecified atom stereocenters. The fourth-order valence-electron chi connectivity index (χ4n) is 5.30. The maximum Gasteiger partial charge on any atom is 0.408 e. The molecule has 5 rings (SSSR count). The predicted octanol–water partition coefficient (Wildman–Crippen LogP) is 3.96. The largest absolute Gasteiger partial charge is 0.467 e. The zero-order valence-electron chi connectivity index (χ0n) is 20.0. The van der Waals surface area contributed by atoms with Crippen LogP contribution in [-0.2, 0) is 25.5 Å². The lowest BCUT2D eigenvalue weighted by Crippen LogP contribution is -2.66. The fraction of sp³-hybridized carbons (Fsp3) is 0.276. The smallest absolute Gasteiger partial charge is 0.408 e. The van der Waals surface area contributed by atoms with Gasteiger partial charge in [0.2, 0.25) is 5.91 Å². The Morgan fingerprint density at radius 3 is 2.17 bits per heavy atom. The number of hydrogen-bond donors (Lipinski definition) is 2. The number of esters is 1. The van der Waals surface area contributed by atoms with Gasteiger partial charge in [0.15, 0.2) is 0 Å². The van der Waals surface area contributed by atoms with Gasteiger partial charge in [0.1, 0.15) is 18.2 Å². The number of fused-ring (bicyclic) bond motifs is 3. The number of ether oxygens (including phenoxy) is 2. The second-order valence-corrected chi connectivity index (χ2v) is 9.28. The summed E-state index contributed by atoms with van der Waals surface area (Å²) in [6.07, 6.45) is 0.226. The van der Waals surface area contributed by atoms with Crippen molar-refractivity contribution in [2.24, 2.45) is 0 Å². The van der Waals surface area contributed by atoms with Gasteiger partial charge in [-0.1, -0.05) is 78.9 Å². The summed E-state index contributed by atoms with van der Waals surface area (Å²) in [6, 6.07) is 25.0. The Morgan fingerprint density at radius 2 is 1.56 bits per heavy atom. The summed E-state index contributed by atoms with van der Waals surface area (Å²) in [5, 5.41) is 5.58. The molecule has 0 saturated carbocycles. The second-order valence-electron chi connectivity index (χ2n) is 9.28. The zero-order chi connectivity index (χ0) is 25.1. The fourth-order valence-corrected chi connectivity index (χ4v) is 5.30. The third kappa shape index (κ3) is 4.44. The molecule has 1 aliphatic carbocycles. The van der Waals surface area contributed by atoms with Gasteiger partial charge in [-0.15, -0.1) is 0 Å². The van der Waals surface area contributed by atoms with Crippen LogP contribution in [0.3, 0.4) is 0 Å². The van der Waals surface area contributed by atoms with Gasteiger partial charge in [-0.3, -0.25) is 4.79 Å². The molecule has 0 spiro atoms. The third-order valence-electron chi connectivity index (χ3n) is 7.12. The molecule has 0 radical (unpaired) electrons. The van der Waals surface area contributed by atoms with Crippen molar-refractivity contribution in [3.05, 3.63) is 95.6 Å². The van der Waals surface area contributed by atoms with Crippen LogP contribution in [0.4, 0.5) is 4.79 Å².